The molecule has 6 atom stereocenters. The highest BCUT2D eigenvalue weighted by Crippen LogP contribution is 2.20. The molecule has 0 aromatic heterocycles. The van der Waals surface area contributed by atoms with Crippen molar-refractivity contribution in [2.75, 3.05) is 14.1 Å². The van der Waals surface area contributed by atoms with Gasteiger partial charge in [0.05, 0.1) is 13.2 Å². The first-order chi connectivity index (χ1) is 22.5. The van der Waals surface area contributed by atoms with Crippen molar-refractivity contribution >= 4 is 23.6 Å². The Balaban J connectivity index is 2.53. The zero-order chi connectivity index (χ0) is 36.3. The third-order valence-electron chi connectivity index (χ3n) is 7.37. The Hall–Kier alpha value is -4.12. The van der Waals surface area contributed by atoms with Crippen LogP contribution >= 0.6 is 0 Å². The first-order valence-corrected chi connectivity index (χ1v) is 15.0. The van der Waals surface area contributed by atoms with Gasteiger partial charge < -0.3 is 41.0 Å². The van der Waals surface area contributed by atoms with Crippen LogP contribution in [-0.4, -0.2) is 84.4 Å². The average Bonchev–Trinajstić information content (AvgIpc) is 3.04. The van der Waals surface area contributed by atoms with E-state index in [9.17, 15) is 47.0 Å². The van der Waals surface area contributed by atoms with E-state index in [2.05, 4.69) is 21.3 Å². The van der Waals surface area contributed by atoms with Gasteiger partial charge in [-0.05, 0) is 24.0 Å². The van der Waals surface area contributed by atoms with Crippen LogP contribution in [0.25, 0.3) is 0 Å². The Morgan fingerprint density at radius 2 is 0.958 bits per heavy atom. The van der Waals surface area contributed by atoms with Crippen LogP contribution in [-0.2, 0) is 41.9 Å². The Morgan fingerprint density at radius 1 is 0.625 bits per heavy atom. The lowest BCUT2D eigenvalue weighted by Crippen LogP contribution is -2.60. The lowest BCUT2D eigenvalue weighted by atomic mass is 9.98. The summed E-state index contributed by atoms with van der Waals surface area (Å²) in [6, 6.07) is 3.89. The number of ether oxygens (including phenoxy) is 2. The smallest absolute Gasteiger partial charge is 0.252 e. The van der Waals surface area contributed by atoms with Crippen LogP contribution in [0.5, 0.6) is 0 Å². The van der Waals surface area contributed by atoms with Gasteiger partial charge in [0.25, 0.3) is 11.8 Å². The summed E-state index contributed by atoms with van der Waals surface area (Å²) < 4.78 is 67.6. The molecule has 0 heterocycles. The fraction of sp³-hybridized carbons (Fsp3) is 0.500. The molecule has 0 aliphatic rings. The van der Waals surface area contributed by atoms with Crippen molar-refractivity contribution in [3.63, 3.8) is 0 Å². The van der Waals surface area contributed by atoms with Crippen molar-refractivity contribution in [1.29, 1.82) is 0 Å². The molecule has 2 aromatic carbocycles. The number of carbonyl (C=O) groups excluding carboxylic acids is 4. The molecular weight excluding hydrogens is 644 g/mol. The van der Waals surface area contributed by atoms with Gasteiger partial charge in [0.2, 0.25) is 11.8 Å². The number of amides is 4. The molecule has 4 amide bonds. The molecule has 2 aromatic rings. The molecule has 0 radical (unpaired) electrons. The van der Waals surface area contributed by atoms with E-state index < -0.39 is 108 Å². The number of carbonyl (C=O) groups is 4. The SMILES string of the molecule is CNC(=O)[C@@H](NC(=O)[C@H](OCc1cccc(F)c1F)[C@H](O)[C@@H](O)[C@@H](OCc1cccc(F)c1F)C(=O)N[C@H](C(=O)NC)C(C)C)C(C)C. The highest BCUT2D eigenvalue weighted by atomic mass is 19.2. The van der Waals surface area contributed by atoms with Crippen LogP contribution in [0.2, 0.25) is 0 Å². The Bertz CT molecular complexity index is 1320. The second-order valence-electron chi connectivity index (χ2n) is 11.6. The maximum absolute atomic E-state index is 14.4. The van der Waals surface area contributed by atoms with Gasteiger partial charge in [-0.25, -0.2) is 17.6 Å². The summed E-state index contributed by atoms with van der Waals surface area (Å²) >= 11 is 0. The minimum Gasteiger partial charge on any atom is -0.387 e. The van der Waals surface area contributed by atoms with Crippen LogP contribution < -0.4 is 21.3 Å². The molecule has 0 aliphatic heterocycles. The molecule has 2 rings (SSSR count). The summed E-state index contributed by atoms with van der Waals surface area (Å²) in [5.41, 5.74) is -0.752. The molecule has 0 aliphatic carbocycles. The van der Waals surface area contributed by atoms with Crippen molar-refractivity contribution in [3.05, 3.63) is 70.8 Å². The summed E-state index contributed by atoms with van der Waals surface area (Å²) in [7, 11) is 2.63. The van der Waals surface area contributed by atoms with Crippen molar-refractivity contribution in [2.45, 2.75) is 77.4 Å². The Labute approximate surface area is 275 Å². The molecule has 0 bridgehead atoms. The number of halogens is 4. The van der Waals surface area contributed by atoms with Gasteiger partial charge in [-0.3, -0.25) is 19.2 Å². The van der Waals surface area contributed by atoms with E-state index in [1.807, 2.05) is 0 Å². The van der Waals surface area contributed by atoms with Crippen LogP contribution in [0.4, 0.5) is 17.6 Å². The fourth-order valence-corrected chi connectivity index (χ4v) is 4.55. The molecule has 0 spiro atoms. The third kappa shape index (κ3) is 10.4. The van der Waals surface area contributed by atoms with Gasteiger partial charge in [0, 0.05) is 25.2 Å². The second-order valence-corrected chi connectivity index (χ2v) is 11.6. The zero-order valence-corrected chi connectivity index (χ0v) is 27.4. The van der Waals surface area contributed by atoms with Gasteiger partial charge in [-0.1, -0.05) is 52.0 Å². The number of likely N-dealkylation sites (N-methyl/N-ethyl adjacent to an activating group) is 2. The van der Waals surface area contributed by atoms with Crippen molar-refractivity contribution in [2.24, 2.45) is 11.8 Å². The summed E-state index contributed by atoms with van der Waals surface area (Å²) in [4.78, 5) is 51.9. The molecule has 266 valence electrons. The van der Waals surface area contributed by atoms with Crippen molar-refractivity contribution < 1.29 is 56.4 Å². The highest BCUT2D eigenvalue weighted by Gasteiger charge is 2.43. The zero-order valence-electron chi connectivity index (χ0n) is 27.4. The molecule has 48 heavy (non-hydrogen) atoms. The number of rotatable bonds is 17. The summed E-state index contributed by atoms with van der Waals surface area (Å²) in [6.45, 7) is 4.75. The average molecular weight is 687 g/mol. The van der Waals surface area contributed by atoms with E-state index in [1.165, 1.54) is 14.1 Å². The first kappa shape index (κ1) is 40.1. The van der Waals surface area contributed by atoms with E-state index in [-0.39, 0.29) is 11.1 Å². The van der Waals surface area contributed by atoms with E-state index >= 15 is 0 Å². The Kier molecular flexibility index (Phi) is 15.4. The maximum Gasteiger partial charge on any atom is 0.252 e. The minimum atomic E-state index is -2.38. The maximum atomic E-state index is 14.4. The van der Waals surface area contributed by atoms with Gasteiger partial charge in [-0.15, -0.1) is 0 Å². The van der Waals surface area contributed by atoms with Gasteiger partial charge in [0.15, 0.2) is 35.5 Å². The third-order valence-corrected chi connectivity index (χ3v) is 7.37. The first-order valence-electron chi connectivity index (χ1n) is 15.0. The standard InChI is InChI=1S/C32H42F4N4O8/c1-15(2)23(29(43)37-5)39-31(45)27(47-13-17-9-7-11-19(33)21(17)35)25(41)26(42)28(32(46)40-24(16(3)4)30(44)38-6)48-14-18-10-8-12-20(34)22(18)36/h7-12,15-16,23-28,41-42H,13-14H2,1-6H3,(H,37,43)(H,38,44)(H,39,45)(H,40,46)/t23-,24-,25+,26+,27+,28+/m0/s1. The number of aliphatic hydroxyl groups is 2. The van der Waals surface area contributed by atoms with Crippen molar-refractivity contribution in [3.8, 4) is 0 Å². The molecule has 0 saturated heterocycles. The normalized spacial score (nSPS) is 15.2. The van der Waals surface area contributed by atoms with Crippen LogP contribution in [0.1, 0.15) is 38.8 Å². The topological polar surface area (TPSA) is 175 Å². The summed E-state index contributed by atoms with van der Waals surface area (Å²) in [6.07, 6.45) is -9.08. The quantitative estimate of drug-likeness (QED) is 0.135. The molecule has 6 N–H and O–H groups in total. The van der Waals surface area contributed by atoms with Gasteiger partial charge >= 0.3 is 0 Å². The molecule has 0 unspecified atom stereocenters. The largest absolute Gasteiger partial charge is 0.387 e. The second kappa shape index (κ2) is 18.4. The van der Waals surface area contributed by atoms with Crippen molar-refractivity contribution in [1.82, 2.24) is 21.3 Å². The van der Waals surface area contributed by atoms with Gasteiger partial charge in [-0.2, -0.15) is 0 Å². The fourth-order valence-electron chi connectivity index (χ4n) is 4.55. The number of hydrogen-bond acceptors (Lipinski definition) is 8. The summed E-state index contributed by atoms with van der Waals surface area (Å²) in [5.74, 6) is -9.75. The lowest BCUT2D eigenvalue weighted by molar-refractivity contribution is -0.171. The molecular formula is C32H42F4N4O8. The number of nitrogens with one attached hydrogen (secondary N) is 4. The van der Waals surface area contributed by atoms with Crippen LogP contribution in [0.3, 0.4) is 0 Å². The van der Waals surface area contributed by atoms with Crippen LogP contribution in [0.15, 0.2) is 36.4 Å². The predicted octanol–water partition coefficient (Wildman–Crippen LogP) is 1.21. The van der Waals surface area contributed by atoms with Gasteiger partial charge in [0.1, 0.15) is 24.3 Å². The molecule has 16 heteroatoms. The monoisotopic (exact) mass is 686 g/mol. The number of benzene rings is 2. The van der Waals surface area contributed by atoms with E-state index in [0.717, 1.165) is 36.4 Å². The Morgan fingerprint density at radius 3 is 1.25 bits per heavy atom. The van der Waals surface area contributed by atoms with E-state index in [0.29, 0.717) is 0 Å². The molecule has 0 saturated carbocycles. The van der Waals surface area contributed by atoms with E-state index in [4.69, 9.17) is 9.47 Å². The molecule has 12 nitrogen and oxygen atoms in total. The highest BCUT2D eigenvalue weighted by molar-refractivity contribution is 5.91. The van der Waals surface area contributed by atoms with E-state index in [1.54, 1.807) is 27.7 Å². The lowest BCUT2D eigenvalue weighted by Gasteiger charge is -2.32. The minimum absolute atomic E-state index is 0.376. The summed E-state index contributed by atoms with van der Waals surface area (Å²) in [5, 5.41) is 32.2. The number of hydrogen-bond donors (Lipinski definition) is 6. The number of aliphatic hydroxyl groups excluding tert-OH is 2. The van der Waals surface area contributed by atoms with Crippen LogP contribution in [0, 0.1) is 35.1 Å². The molecule has 0 fully saturated rings. The predicted molar refractivity (Wildman–Crippen MR) is 164 cm³/mol.